The van der Waals surface area contributed by atoms with Crippen LogP contribution in [0.2, 0.25) is 5.02 Å². The number of likely N-dealkylation sites (tertiary alicyclic amines) is 1. The summed E-state index contributed by atoms with van der Waals surface area (Å²) in [6, 6.07) is 7.23. The standard InChI is InChI=1S/C22H26ClN3O2/c1-14-9-10-24-13-17(14)11-21(27)25-20-8-7-18(23)12-19(20)22(28)26-15(2)5-4-6-16(26)3/h7-10,12-13,15-16H,4-6,11H2,1-3H3,(H,25,27). The zero-order valence-electron chi connectivity index (χ0n) is 16.5. The van der Waals surface area contributed by atoms with Crippen LogP contribution in [0.5, 0.6) is 0 Å². The predicted octanol–water partition coefficient (Wildman–Crippen LogP) is 4.63. The molecule has 0 aliphatic carbocycles. The molecule has 1 saturated heterocycles. The summed E-state index contributed by atoms with van der Waals surface area (Å²) in [6.45, 7) is 6.09. The first-order valence-electron chi connectivity index (χ1n) is 9.68. The summed E-state index contributed by atoms with van der Waals surface area (Å²) < 4.78 is 0. The number of aromatic nitrogens is 1. The Hall–Kier alpha value is -2.40. The summed E-state index contributed by atoms with van der Waals surface area (Å²) >= 11 is 6.17. The highest BCUT2D eigenvalue weighted by Gasteiger charge is 2.31. The van der Waals surface area contributed by atoms with Gasteiger partial charge >= 0.3 is 0 Å². The molecule has 28 heavy (non-hydrogen) atoms. The smallest absolute Gasteiger partial charge is 0.256 e. The first-order valence-corrected chi connectivity index (χ1v) is 10.1. The average molecular weight is 400 g/mol. The molecule has 0 radical (unpaired) electrons. The molecular formula is C22H26ClN3O2. The first-order chi connectivity index (χ1) is 13.4. The van der Waals surface area contributed by atoms with E-state index in [1.807, 2.05) is 17.9 Å². The van der Waals surface area contributed by atoms with Crippen molar-refractivity contribution in [3.05, 3.63) is 58.4 Å². The number of rotatable bonds is 4. The Labute approximate surface area is 171 Å². The number of piperidine rings is 1. The van der Waals surface area contributed by atoms with Crippen molar-refractivity contribution in [3.63, 3.8) is 0 Å². The molecule has 2 heterocycles. The molecule has 148 valence electrons. The molecule has 5 nitrogen and oxygen atoms in total. The van der Waals surface area contributed by atoms with Gasteiger partial charge in [0.25, 0.3) is 5.91 Å². The number of nitrogens with one attached hydrogen (secondary N) is 1. The lowest BCUT2D eigenvalue weighted by Gasteiger charge is -2.39. The van der Waals surface area contributed by atoms with E-state index in [-0.39, 0.29) is 30.3 Å². The SMILES string of the molecule is Cc1ccncc1CC(=O)Nc1ccc(Cl)cc1C(=O)N1C(C)CCCC1C. The zero-order chi connectivity index (χ0) is 20.3. The maximum atomic E-state index is 13.3. The number of anilines is 1. The summed E-state index contributed by atoms with van der Waals surface area (Å²) in [5.41, 5.74) is 2.80. The minimum atomic E-state index is -0.188. The normalized spacial score (nSPS) is 19.4. The van der Waals surface area contributed by atoms with Gasteiger partial charge in [-0.05, 0) is 75.4 Å². The topological polar surface area (TPSA) is 62.3 Å². The number of hydrogen-bond donors (Lipinski definition) is 1. The summed E-state index contributed by atoms with van der Waals surface area (Å²) in [4.78, 5) is 31.9. The van der Waals surface area contributed by atoms with Gasteiger partial charge in [0.2, 0.25) is 5.91 Å². The molecule has 1 aliphatic rings. The van der Waals surface area contributed by atoms with E-state index in [9.17, 15) is 9.59 Å². The molecule has 6 heteroatoms. The second kappa shape index (κ2) is 8.74. The molecule has 2 aromatic rings. The number of amides is 2. The number of aryl methyl sites for hydroxylation is 1. The Morgan fingerprint density at radius 1 is 1.21 bits per heavy atom. The summed E-state index contributed by atoms with van der Waals surface area (Å²) in [5.74, 6) is -0.276. The summed E-state index contributed by atoms with van der Waals surface area (Å²) in [6.07, 6.45) is 6.69. The van der Waals surface area contributed by atoms with Crippen LogP contribution in [0.4, 0.5) is 5.69 Å². The Balaban J connectivity index is 1.83. The van der Waals surface area contributed by atoms with Gasteiger partial charge in [-0.15, -0.1) is 0 Å². The van der Waals surface area contributed by atoms with Gasteiger partial charge in [-0.3, -0.25) is 14.6 Å². The number of pyridine rings is 1. The van der Waals surface area contributed by atoms with E-state index in [1.54, 1.807) is 30.6 Å². The van der Waals surface area contributed by atoms with Gasteiger partial charge in [0.15, 0.2) is 0 Å². The molecule has 0 saturated carbocycles. The largest absolute Gasteiger partial charge is 0.333 e. The van der Waals surface area contributed by atoms with E-state index < -0.39 is 0 Å². The van der Waals surface area contributed by atoms with Crippen molar-refractivity contribution in [2.45, 2.75) is 58.5 Å². The van der Waals surface area contributed by atoms with Crippen LogP contribution >= 0.6 is 11.6 Å². The van der Waals surface area contributed by atoms with E-state index >= 15 is 0 Å². The summed E-state index contributed by atoms with van der Waals surface area (Å²) in [7, 11) is 0. The van der Waals surface area contributed by atoms with Crippen LogP contribution < -0.4 is 5.32 Å². The lowest BCUT2D eigenvalue weighted by atomic mass is 9.96. The van der Waals surface area contributed by atoms with E-state index in [0.29, 0.717) is 16.3 Å². The van der Waals surface area contributed by atoms with Crippen molar-refractivity contribution in [2.24, 2.45) is 0 Å². The van der Waals surface area contributed by atoms with Crippen molar-refractivity contribution in [1.82, 2.24) is 9.88 Å². The Kier molecular flexibility index (Phi) is 6.35. The van der Waals surface area contributed by atoms with Crippen molar-refractivity contribution in [2.75, 3.05) is 5.32 Å². The number of halogens is 1. The van der Waals surface area contributed by atoms with E-state index in [2.05, 4.69) is 24.1 Å². The van der Waals surface area contributed by atoms with Crippen LogP contribution in [-0.4, -0.2) is 33.8 Å². The molecule has 2 atom stereocenters. The Morgan fingerprint density at radius 3 is 2.61 bits per heavy atom. The van der Waals surface area contributed by atoms with Gasteiger partial charge in [0.05, 0.1) is 17.7 Å². The molecule has 2 amide bonds. The van der Waals surface area contributed by atoms with Crippen molar-refractivity contribution >= 4 is 29.1 Å². The molecule has 2 unspecified atom stereocenters. The van der Waals surface area contributed by atoms with Crippen molar-refractivity contribution in [1.29, 1.82) is 0 Å². The maximum absolute atomic E-state index is 13.3. The molecule has 1 aromatic heterocycles. The fraction of sp³-hybridized carbons (Fsp3) is 0.409. The summed E-state index contributed by atoms with van der Waals surface area (Å²) in [5, 5.41) is 3.36. The zero-order valence-corrected chi connectivity index (χ0v) is 17.3. The van der Waals surface area contributed by atoms with Crippen LogP contribution in [0, 0.1) is 6.92 Å². The van der Waals surface area contributed by atoms with Crippen molar-refractivity contribution < 1.29 is 9.59 Å². The Bertz CT molecular complexity index is 874. The van der Waals surface area contributed by atoms with Crippen LogP contribution in [0.3, 0.4) is 0 Å². The predicted molar refractivity (Wildman–Crippen MR) is 112 cm³/mol. The molecule has 1 aromatic carbocycles. The first kappa shape index (κ1) is 20.3. The molecule has 3 rings (SSSR count). The fourth-order valence-electron chi connectivity index (χ4n) is 3.81. The second-order valence-electron chi connectivity index (χ2n) is 7.56. The van der Waals surface area contributed by atoms with E-state index in [0.717, 1.165) is 30.4 Å². The number of hydrogen-bond acceptors (Lipinski definition) is 3. The van der Waals surface area contributed by atoms with Gasteiger partial charge in [0.1, 0.15) is 0 Å². The second-order valence-corrected chi connectivity index (χ2v) is 7.99. The van der Waals surface area contributed by atoms with Gasteiger partial charge in [-0.25, -0.2) is 0 Å². The molecule has 0 spiro atoms. The van der Waals surface area contributed by atoms with Gasteiger partial charge < -0.3 is 10.2 Å². The molecule has 1 fully saturated rings. The Morgan fingerprint density at radius 2 is 1.93 bits per heavy atom. The molecule has 0 bridgehead atoms. The number of benzene rings is 1. The highest BCUT2D eigenvalue weighted by Crippen LogP contribution is 2.29. The van der Waals surface area contributed by atoms with Gasteiger partial charge in [-0.2, -0.15) is 0 Å². The molecular weight excluding hydrogens is 374 g/mol. The minimum absolute atomic E-state index is 0.0879. The third-order valence-electron chi connectivity index (χ3n) is 5.41. The average Bonchev–Trinajstić information content (AvgIpc) is 2.65. The van der Waals surface area contributed by atoms with Crippen LogP contribution in [0.1, 0.15) is 54.6 Å². The van der Waals surface area contributed by atoms with E-state index in [4.69, 9.17) is 11.6 Å². The lowest BCUT2D eigenvalue weighted by molar-refractivity contribution is -0.115. The minimum Gasteiger partial charge on any atom is -0.333 e. The quantitative estimate of drug-likeness (QED) is 0.815. The third kappa shape index (κ3) is 4.53. The lowest BCUT2D eigenvalue weighted by Crippen LogP contribution is -2.47. The molecule has 1 N–H and O–H groups in total. The monoisotopic (exact) mass is 399 g/mol. The highest BCUT2D eigenvalue weighted by atomic mass is 35.5. The molecule has 1 aliphatic heterocycles. The van der Waals surface area contributed by atoms with Gasteiger partial charge in [-0.1, -0.05) is 11.6 Å². The number of carbonyl (C=O) groups is 2. The highest BCUT2D eigenvalue weighted by molar-refractivity contribution is 6.31. The fourth-order valence-corrected chi connectivity index (χ4v) is 3.98. The van der Waals surface area contributed by atoms with Crippen LogP contribution in [-0.2, 0) is 11.2 Å². The number of nitrogens with zero attached hydrogens (tertiary/aromatic N) is 2. The van der Waals surface area contributed by atoms with Crippen LogP contribution in [0.25, 0.3) is 0 Å². The number of carbonyl (C=O) groups excluding carboxylic acids is 2. The van der Waals surface area contributed by atoms with E-state index in [1.165, 1.54) is 0 Å². The van der Waals surface area contributed by atoms with Gasteiger partial charge in [0, 0.05) is 29.5 Å². The maximum Gasteiger partial charge on any atom is 0.256 e. The van der Waals surface area contributed by atoms with Crippen LogP contribution in [0.15, 0.2) is 36.7 Å². The van der Waals surface area contributed by atoms with Crippen molar-refractivity contribution in [3.8, 4) is 0 Å². The third-order valence-corrected chi connectivity index (χ3v) is 5.65.